The molecule has 2 aromatic carbocycles. The Kier molecular flexibility index (Phi) is 6.89. The molecule has 154 valence electrons. The second kappa shape index (κ2) is 9.39. The van der Waals surface area contributed by atoms with Crippen molar-refractivity contribution in [3.8, 4) is 5.75 Å². The van der Waals surface area contributed by atoms with Gasteiger partial charge in [0.15, 0.2) is 0 Å². The van der Waals surface area contributed by atoms with Gasteiger partial charge in [0.05, 0.1) is 25.6 Å². The van der Waals surface area contributed by atoms with Crippen molar-refractivity contribution in [2.24, 2.45) is 5.92 Å². The number of aryl methyl sites for hydroxylation is 1. The Morgan fingerprint density at radius 2 is 1.97 bits per heavy atom. The Hall–Kier alpha value is -2.42. The Bertz CT molecular complexity index is 888. The van der Waals surface area contributed by atoms with E-state index < -0.39 is 0 Å². The lowest BCUT2D eigenvalue weighted by atomic mass is 9.93. The van der Waals surface area contributed by atoms with Gasteiger partial charge in [-0.05, 0) is 48.4 Å². The highest BCUT2D eigenvalue weighted by atomic mass is 79.9. The van der Waals surface area contributed by atoms with Gasteiger partial charge in [0.25, 0.3) is 0 Å². The van der Waals surface area contributed by atoms with E-state index in [1.807, 2.05) is 49.4 Å². The highest BCUT2D eigenvalue weighted by Gasteiger charge is 2.36. The van der Waals surface area contributed by atoms with E-state index in [0.29, 0.717) is 6.54 Å². The molecule has 2 atom stereocenters. The summed E-state index contributed by atoms with van der Waals surface area (Å²) in [5.41, 5.74) is 8.89. The molecule has 1 fully saturated rings. The van der Waals surface area contributed by atoms with Crippen LogP contribution in [-0.4, -0.2) is 44.0 Å². The average molecular weight is 461 g/mol. The molecular weight excluding hydrogens is 436 g/mol. The monoisotopic (exact) mass is 460 g/mol. The van der Waals surface area contributed by atoms with Crippen molar-refractivity contribution >= 4 is 33.4 Å². The smallest absolute Gasteiger partial charge is 0.243 e. The van der Waals surface area contributed by atoms with Crippen LogP contribution in [0.15, 0.2) is 46.9 Å². The number of likely N-dealkylation sites (N-methyl/N-ethyl adjacent to an activating group) is 1. The van der Waals surface area contributed by atoms with Crippen LogP contribution in [0.3, 0.4) is 0 Å². The molecule has 1 aliphatic rings. The molecule has 3 N–H and O–H groups in total. The van der Waals surface area contributed by atoms with Gasteiger partial charge in [0, 0.05) is 23.8 Å². The van der Waals surface area contributed by atoms with Crippen molar-refractivity contribution in [2.75, 3.05) is 32.6 Å². The molecule has 0 spiro atoms. The Morgan fingerprint density at radius 1 is 1.24 bits per heavy atom. The van der Waals surface area contributed by atoms with Gasteiger partial charge in [-0.2, -0.15) is 0 Å². The molecule has 0 aromatic heterocycles. The number of anilines is 1. The van der Waals surface area contributed by atoms with Crippen LogP contribution in [0.2, 0.25) is 0 Å². The molecule has 2 aromatic rings. The maximum atomic E-state index is 13.0. The highest BCUT2D eigenvalue weighted by Crippen LogP contribution is 2.28. The molecule has 0 bridgehead atoms. The number of rotatable bonds is 6. The molecule has 8 heteroatoms. The first-order chi connectivity index (χ1) is 13.9. The Labute approximate surface area is 178 Å². The zero-order chi connectivity index (χ0) is 21.0. The second-order valence-electron chi connectivity index (χ2n) is 7.08. The first-order valence-corrected chi connectivity index (χ1v) is 10.1. The third kappa shape index (κ3) is 5.14. The van der Waals surface area contributed by atoms with E-state index in [9.17, 15) is 9.59 Å². The van der Waals surface area contributed by atoms with Crippen molar-refractivity contribution in [1.82, 2.24) is 15.8 Å². The molecule has 2 unspecified atom stereocenters. The molecule has 7 nitrogen and oxygen atoms in total. The van der Waals surface area contributed by atoms with E-state index in [-0.39, 0.29) is 30.3 Å². The van der Waals surface area contributed by atoms with E-state index in [1.54, 1.807) is 14.2 Å². The molecule has 1 aliphatic heterocycles. The van der Waals surface area contributed by atoms with Gasteiger partial charge in [-0.1, -0.05) is 28.1 Å². The number of amides is 2. The predicted octanol–water partition coefficient (Wildman–Crippen LogP) is 2.63. The number of nitrogens with one attached hydrogen (secondary N) is 3. The van der Waals surface area contributed by atoms with E-state index in [1.165, 1.54) is 4.90 Å². The minimum atomic E-state index is -0.310. The predicted molar refractivity (Wildman–Crippen MR) is 116 cm³/mol. The molecule has 3 rings (SSSR count). The van der Waals surface area contributed by atoms with E-state index >= 15 is 0 Å². The van der Waals surface area contributed by atoms with Crippen LogP contribution in [0, 0.1) is 12.8 Å². The molecule has 1 saturated heterocycles. The van der Waals surface area contributed by atoms with Crippen molar-refractivity contribution in [3.63, 3.8) is 0 Å². The molecular formula is C21H25BrN4O3. The lowest BCUT2D eigenvalue weighted by Gasteiger charge is -2.24. The number of hydrazine groups is 1. The Balaban J connectivity index is 1.62. The summed E-state index contributed by atoms with van der Waals surface area (Å²) in [6, 6.07) is 13.1. The van der Waals surface area contributed by atoms with Crippen molar-refractivity contribution in [1.29, 1.82) is 0 Å². The average Bonchev–Trinajstić information content (AvgIpc) is 3.19. The molecule has 0 saturated carbocycles. The van der Waals surface area contributed by atoms with Crippen LogP contribution in [0.25, 0.3) is 0 Å². The topological polar surface area (TPSA) is 82.7 Å². The summed E-state index contributed by atoms with van der Waals surface area (Å²) < 4.78 is 6.14. The Morgan fingerprint density at radius 3 is 2.62 bits per heavy atom. The summed E-state index contributed by atoms with van der Waals surface area (Å²) in [4.78, 5) is 26.9. The van der Waals surface area contributed by atoms with Crippen molar-refractivity contribution in [3.05, 3.63) is 58.1 Å². The minimum Gasteiger partial charge on any atom is -0.497 e. The van der Waals surface area contributed by atoms with Crippen LogP contribution in [-0.2, 0) is 9.59 Å². The maximum absolute atomic E-state index is 13.0. The number of carbonyl (C=O) groups excluding carboxylic acids is 2. The number of ether oxygens (including phenoxy) is 1. The number of nitrogens with zero attached hydrogens (tertiary/aromatic N) is 1. The van der Waals surface area contributed by atoms with Crippen molar-refractivity contribution in [2.45, 2.75) is 13.0 Å². The minimum absolute atomic E-state index is 0.0137. The molecule has 2 amide bonds. The third-order valence-electron chi connectivity index (χ3n) is 4.99. The largest absolute Gasteiger partial charge is 0.497 e. The number of benzene rings is 2. The standard InChI is InChI=1S/C21H25BrN4O3/c1-13-10-15(22)6-9-18(13)24-19(27)12-26(2)21(28)17-11-23-25-20(17)14-4-7-16(29-3)8-5-14/h4-10,17,20,23,25H,11-12H2,1-3H3,(H,24,27). The van der Waals surface area contributed by atoms with Gasteiger partial charge in [-0.15, -0.1) is 0 Å². The lowest BCUT2D eigenvalue weighted by molar-refractivity contribution is -0.136. The van der Waals surface area contributed by atoms with Gasteiger partial charge in [-0.3, -0.25) is 15.0 Å². The molecule has 0 radical (unpaired) electrons. The first-order valence-electron chi connectivity index (χ1n) is 9.32. The van der Waals surface area contributed by atoms with Gasteiger partial charge >= 0.3 is 0 Å². The fourth-order valence-corrected chi connectivity index (χ4v) is 3.86. The van der Waals surface area contributed by atoms with E-state index in [2.05, 4.69) is 32.1 Å². The van der Waals surface area contributed by atoms with Crippen molar-refractivity contribution < 1.29 is 14.3 Å². The fraction of sp³-hybridized carbons (Fsp3) is 0.333. The van der Waals surface area contributed by atoms with Crippen LogP contribution in [0.4, 0.5) is 5.69 Å². The summed E-state index contributed by atoms with van der Waals surface area (Å²) in [5.74, 6) is 0.132. The molecule has 1 heterocycles. The van der Waals surface area contributed by atoms with Crippen LogP contribution in [0.5, 0.6) is 5.75 Å². The fourth-order valence-electron chi connectivity index (χ4n) is 3.39. The first kappa shape index (κ1) is 21.3. The number of carbonyl (C=O) groups is 2. The summed E-state index contributed by atoms with van der Waals surface area (Å²) in [7, 11) is 3.27. The van der Waals surface area contributed by atoms with E-state index in [4.69, 9.17) is 4.74 Å². The molecule has 29 heavy (non-hydrogen) atoms. The quantitative estimate of drug-likeness (QED) is 0.616. The van der Waals surface area contributed by atoms with Crippen LogP contribution >= 0.6 is 15.9 Å². The second-order valence-corrected chi connectivity index (χ2v) is 8.00. The van der Waals surface area contributed by atoms with Gasteiger partial charge in [-0.25, -0.2) is 5.43 Å². The lowest BCUT2D eigenvalue weighted by Crippen LogP contribution is -2.41. The zero-order valence-corrected chi connectivity index (χ0v) is 18.2. The number of hydrogen-bond acceptors (Lipinski definition) is 5. The number of halogens is 1. The van der Waals surface area contributed by atoms with Gasteiger partial charge in [0.1, 0.15) is 5.75 Å². The zero-order valence-electron chi connectivity index (χ0n) is 16.7. The summed E-state index contributed by atoms with van der Waals surface area (Å²) in [6.07, 6.45) is 0. The highest BCUT2D eigenvalue weighted by molar-refractivity contribution is 9.10. The summed E-state index contributed by atoms with van der Waals surface area (Å²) >= 11 is 3.41. The third-order valence-corrected chi connectivity index (χ3v) is 5.49. The normalized spacial score (nSPS) is 18.3. The van der Waals surface area contributed by atoms with Crippen LogP contribution < -0.4 is 20.9 Å². The number of hydrogen-bond donors (Lipinski definition) is 3. The van der Waals surface area contributed by atoms with Gasteiger partial charge < -0.3 is 15.0 Å². The summed E-state index contributed by atoms with van der Waals surface area (Å²) in [5, 5.41) is 2.87. The van der Waals surface area contributed by atoms with Crippen LogP contribution in [0.1, 0.15) is 17.2 Å². The van der Waals surface area contributed by atoms with Gasteiger partial charge in [0.2, 0.25) is 11.8 Å². The summed E-state index contributed by atoms with van der Waals surface area (Å²) in [6.45, 7) is 2.40. The number of methoxy groups -OCH3 is 1. The molecule has 0 aliphatic carbocycles. The SMILES string of the molecule is COc1ccc(C2NNCC2C(=O)N(C)CC(=O)Nc2ccc(Br)cc2C)cc1. The van der Waals surface area contributed by atoms with E-state index in [0.717, 1.165) is 27.0 Å². The maximum Gasteiger partial charge on any atom is 0.243 e.